The summed E-state index contributed by atoms with van der Waals surface area (Å²) < 4.78 is 0. The molecule has 0 unspecified atom stereocenters. The van der Waals surface area contributed by atoms with Crippen molar-refractivity contribution in [3.8, 4) is 0 Å². The Labute approximate surface area is 106 Å². The summed E-state index contributed by atoms with van der Waals surface area (Å²) in [6.07, 6.45) is 0.532. The molecule has 1 rings (SSSR count). The van der Waals surface area contributed by atoms with E-state index in [-0.39, 0.29) is 0 Å². The zero-order chi connectivity index (χ0) is 12.1. The predicted molar refractivity (Wildman–Crippen MR) is 67.0 cm³/mol. The Morgan fingerprint density at radius 1 is 1.19 bits per heavy atom. The van der Waals surface area contributed by atoms with Crippen molar-refractivity contribution in [1.82, 2.24) is 0 Å². The zero-order valence-electron chi connectivity index (χ0n) is 9.16. The highest BCUT2D eigenvalue weighted by atomic mass is 35.5. The summed E-state index contributed by atoms with van der Waals surface area (Å²) in [5.41, 5.74) is 0.412. The van der Waals surface area contributed by atoms with Crippen LogP contribution in [-0.4, -0.2) is 16.3 Å². The Kier molecular flexibility index (Phi) is 5.56. The van der Waals surface area contributed by atoms with Gasteiger partial charge in [-0.2, -0.15) is 0 Å². The molecule has 0 amide bonds. The van der Waals surface area contributed by atoms with Crippen molar-refractivity contribution in [3.05, 3.63) is 33.8 Å². The number of unbranched alkanes of at least 4 members (excludes halogenated alkanes) is 1. The first-order valence-electron chi connectivity index (χ1n) is 5.38. The van der Waals surface area contributed by atoms with Crippen molar-refractivity contribution < 1.29 is 10.2 Å². The second kappa shape index (κ2) is 6.45. The maximum absolute atomic E-state index is 9.96. The van der Waals surface area contributed by atoms with Gasteiger partial charge in [0.25, 0.3) is 0 Å². The molecule has 0 aliphatic heterocycles. The van der Waals surface area contributed by atoms with Gasteiger partial charge in [-0.3, -0.25) is 0 Å². The molecule has 0 spiro atoms. The van der Waals surface area contributed by atoms with Gasteiger partial charge >= 0.3 is 0 Å². The van der Waals surface area contributed by atoms with E-state index in [4.69, 9.17) is 23.2 Å². The molecule has 2 atom stereocenters. The molecule has 0 heterocycles. The van der Waals surface area contributed by atoms with E-state index >= 15 is 0 Å². The summed E-state index contributed by atoms with van der Waals surface area (Å²) in [6.45, 7) is 2.03. The first-order chi connectivity index (χ1) is 7.57. The summed E-state index contributed by atoms with van der Waals surface area (Å²) in [5.74, 6) is 0. The van der Waals surface area contributed by atoms with Crippen molar-refractivity contribution in [2.45, 2.75) is 38.4 Å². The topological polar surface area (TPSA) is 40.5 Å². The van der Waals surface area contributed by atoms with Crippen LogP contribution >= 0.6 is 23.2 Å². The van der Waals surface area contributed by atoms with E-state index < -0.39 is 12.2 Å². The number of halogens is 2. The molecule has 0 aliphatic rings. The van der Waals surface area contributed by atoms with E-state index in [1.165, 1.54) is 0 Å². The molecule has 4 heteroatoms. The first kappa shape index (κ1) is 13.8. The summed E-state index contributed by atoms with van der Waals surface area (Å²) in [6, 6.07) is 5.01. The first-order valence-corrected chi connectivity index (χ1v) is 6.13. The Balaban J connectivity index is 2.82. The summed E-state index contributed by atoms with van der Waals surface area (Å²) >= 11 is 11.9. The van der Waals surface area contributed by atoms with Crippen LogP contribution in [-0.2, 0) is 0 Å². The van der Waals surface area contributed by atoms with E-state index in [1.54, 1.807) is 18.2 Å². The Morgan fingerprint density at radius 3 is 2.25 bits per heavy atom. The number of benzene rings is 1. The highest BCUT2D eigenvalue weighted by Gasteiger charge is 2.22. The van der Waals surface area contributed by atoms with Crippen molar-refractivity contribution >= 4 is 23.2 Å². The lowest BCUT2D eigenvalue weighted by molar-refractivity contribution is 0.0124. The highest BCUT2D eigenvalue weighted by Crippen LogP contribution is 2.32. The standard InChI is InChI=1S/C12H16Cl2O2/c1-2-3-7-10(15)12(16)11-8(13)5-4-6-9(11)14/h4-6,10,12,15-16H,2-3,7H2,1H3/t10-,12+/m0/s1. The third-order valence-electron chi connectivity index (χ3n) is 2.51. The molecule has 0 saturated carbocycles. The van der Waals surface area contributed by atoms with E-state index in [1.807, 2.05) is 6.92 Å². The lowest BCUT2D eigenvalue weighted by Crippen LogP contribution is -2.18. The van der Waals surface area contributed by atoms with E-state index in [0.717, 1.165) is 12.8 Å². The van der Waals surface area contributed by atoms with Crippen LogP contribution in [0, 0.1) is 0 Å². The SMILES string of the molecule is CCCC[C@H](O)[C@@H](O)c1c(Cl)cccc1Cl. The average molecular weight is 263 g/mol. The van der Waals surface area contributed by atoms with Gasteiger partial charge in [0, 0.05) is 15.6 Å². The molecule has 1 aromatic carbocycles. The fourth-order valence-corrected chi connectivity index (χ4v) is 2.18. The fraction of sp³-hybridized carbons (Fsp3) is 0.500. The van der Waals surface area contributed by atoms with Crippen molar-refractivity contribution in [2.75, 3.05) is 0 Å². The van der Waals surface area contributed by atoms with Gasteiger partial charge in [-0.15, -0.1) is 0 Å². The number of rotatable bonds is 5. The van der Waals surface area contributed by atoms with Crippen molar-refractivity contribution in [3.63, 3.8) is 0 Å². The van der Waals surface area contributed by atoms with Crippen LogP contribution in [0.15, 0.2) is 18.2 Å². The minimum atomic E-state index is -1.02. The maximum Gasteiger partial charge on any atom is 0.108 e. The normalized spacial score (nSPS) is 14.8. The lowest BCUT2D eigenvalue weighted by atomic mass is 10.0. The minimum Gasteiger partial charge on any atom is -0.390 e. The second-order valence-corrected chi connectivity index (χ2v) is 4.60. The predicted octanol–water partition coefficient (Wildman–Crippen LogP) is 3.58. The molecule has 0 radical (unpaired) electrons. The molecule has 2 N–H and O–H groups in total. The van der Waals surface area contributed by atoms with Crippen LogP contribution in [0.2, 0.25) is 10.0 Å². The Hall–Kier alpha value is -0.280. The van der Waals surface area contributed by atoms with Gasteiger partial charge in [0.15, 0.2) is 0 Å². The monoisotopic (exact) mass is 262 g/mol. The van der Waals surface area contributed by atoms with Crippen molar-refractivity contribution in [1.29, 1.82) is 0 Å². The Bertz CT molecular complexity index is 322. The molecule has 0 aliphatic carbocycles. The molecule has 0 saturated heterocycles. The van der Waals surface area contributed by atoms with Crippen LogP contribution in [0.3, 0.4) is 0 Å². The van der Waals surface area contributed by atoms with Gasteiger partial charge in [-0.05, 0) is 18.6 Å². The summed E-state index contributed by atoms with van der Waals surface area (Å²) in [4.78, 5) is 0. The largest absolute Gasteiger partial charge is 0.390 e. The zero-order valence-corrected chi connectivity index (χ0v) is 10.7. The third kappa shape index (κ3) is 3.36. The fourth-order valence-electron chi connectivity index (χ4n) is 1.56. The molecule has 1 aromatic rings. The number of aliphatic hydroxyl groups is 2. The van der Waals surface area contributed by atoms with Gasteiger partial charge in [0.1, 0.15) is 6.10 Å². The molecule has 0 aromatic heterocycles. The summed E-state index contributed by atoms with van der Waals surface area (Å²) in [5, 5.41) is 20.5. The molecular formula is C12H16Cl2O2. The van der Waals surface area contributed by atoms with E-state index in [9.17, 15) is 10.2 Å². The second-order valence-electron chi connectivity index (χ2n) is 3.79. The molecular weight excluding hydrogens is 247 g/mol. The lowest BCUT2D eigenvalue weighted by Gasteiger charge is -2.20. The maximum atomic E-state index is 9.96. The highest BCUT2D eigenvalue weighted by molar-refractivity contribution is 6.36. The van der Waals surface area contributed by atoms with Crippen molar-refractivity contribution in [2.24, 2.45) is 0 Å². The Morgan fingerprint density at radius 2 is 1.75 bits per heavy atom. The summed E-state index contributed by atoms with van der Waals surface area (Å²) in [7, 11) is 0. The quantitative estimate of drug-likeness (QED) is 0.852. The van der Waals surface area contributed by atoms with E-state index in [0.29, 0.717) is 22.0 Å². The number of hydrogen-bond donors (Lipinski definition) is 2. The minimum absolute atomic E-state index is 0.385. The number of hydrogen-bond acceptors (Lipinski definition) is 2. The van der Waals surface area contributed by atoms with Crippen LogP contribution < -0.4 is 0 Å². The van der Waals surface area contributed by atoms with Crippen LogP contribution in [0.4, 0.5) is 0 Å². The van der Waals surface area contributed by atoms with Crippen LogP contribution in [0.1, 0.15) is 37.9 Å². The molecule has 2 nitrogen and oxygen atoms in total. The number of aliphatic hydroxyl groups excluding tert-OH is 2. The molecule has 0 fully saturated rings. The van der Waals surface area contributed by atoms with Gasteiger partial charge in [-0.25, -0.2) is 0 Å². The van der Waals surface area contributed by atoms with Gasteiger partial charge < -0.3 is 10.2 Å². The smallest absolute Gasteiger partial charge is 0.108 e. The van der Waals surface area contributed by atoms with Gasteiger partial charge in [0.05, 0.1) is 6.10 Å². The van der Waals surface area contributed by atoms with Gasteiger partial charge in [0.2, 0.25) is 0 Å². The third-order valence-corrected chi connectivity index (χ3v) is 3.17. The van der Waals surface area contributed by atoms with Gasteiger partial charge in [-0.1, -0.05) is 49.0 Å². The molecule has 0 bridgehead atoms. The molecule has 16 heavy (non-hydrogen) atoms. The molecule has 90 valence electrons. The van der Waals surface area contributed by atoms with Crippen LogP contribution in [0.25, 0.3) is 0 Å². The van der Waals surface area contributed by atoms with E-state index in [2.05, 4.69) is 0 Å². The van der Waals surface area contributed by atoms with Crippen LogP contribution in [0.5, 0.6) is 0 Å². The average Bonchev–Trinajstić information content (AvgIpc) is 2.25.